The van der Waals surface area contributed by atoms with Gasteiger partial charge in [0.25, 0.3) is 0 Å². The van der Waals surface area contributed by atoms with Gasteiger partial charge in [0.15, 0.2) is 0 Å². The van der Waals surface area contributed by atoms with E-state index in [2.05, 4.69) is 5.10 Å². The molecule has 1 atom stereocenters. The Morgan fingerprint density at radius 3 is 2.53 bits per heavy atom. The maximum absolute atomic E-state index is 10.8. The van der Waals surface area contributed by atoms with Gasteiger partial charge in [-0.1, -0.05) is 11.6 Å². The summed E-state index contributed by atoms with van der Waals surface area (Å²) in [6.45, 7) is 5.09. The summed E-state index contributed by atoms with van der Waals surface area (Å²) in [5, 5.41) is 13.5. The Kier molecular flexibility index (Phi) is 3.06. The quantitative estimate of drug-likeness (QED) is 0.812. The van der Waals surface area contributed by atoms with E-state index in [9.17, 15) is 4.79 Å². The molecule has 1 unspecified atom stereocenters. The topological polar surface area (TPSA) is 81.1 Å². The van der Waals surface area contributed by atoms with Crippen molar-refractivity contribution in [3.05, 3.63) is 16.4 Å². The Hall–Kier alpha value is -1.07. The van der Waals surface area contributed by atoms with E-state index in [1.807, 2.05) is 0 Å². The lowest BCUT2D eigenvalue weighted by Gasteiger charge is -2.19. The number of nitrogens with two attached hydrogens (primary N) is 1. The van der Waals surface area contributed by atoms with E-state index in [0.29, 0.717) is 10.7 Å². The number of aromatic nitrogens is 2. The highest BCUT2D eigenvalue weighted by Crippen LogP contribution is 2.20. The van der Waals surface area contributed by atoms with Gasteiger partial charge in [-0.15, -0.1) is 0 Å². The number of carbonyl (C=O) groups is 1. The molecule has 0 amide bonds. The predicted octanol–water partition coefficient (Wildman–Crippen LogP) is 0.955. The van der Waals surface area contributed by atoms with Gasteiger partial charge in [0.2, 0.25) is 0 Å². The third kappa shape index (κ3) is 2.30. The van der Waals surface area contributed by atoms with Gasteiger partial charge in [0, 0.05) is 0 Å². The molecule has 6 heteroatoms. The molecule has 0 aliphatic rings. The van der Waals surface area contributed by atoms with E-state index in [0.717, 1.165) is 5.69 Å². The number of carboxylic acids is 1. The van der Waals surface area contributed by atoms with Crippen LogP contribution in [0.4, 0.5) is 0 Å². The molecule has 0 aliphatic heterocycles. The Balaban J connectivity index is 3.00. The maximum Gasteiger partial charge on any atom is 0.325 e. The van der Waals surface area contributed by atoms with Crippen LogP contribution < -0.4 is 5.73 Å². The lowest BCUT2D eigenvalue weighted by Crippen LogP contribution is -2.48. The largest absolute Gasteiger partial charge is 0.480 e. The van der Waals surface area contributed by atoms with Crippen LogP contribution in [0, 0.1) is 13.8 Å². The normalized spacial score (nSPS) is 15.0. The van der Waals surface area contributed by atoms with E-state index in [4.69, 9.17) is 22.4 Å². The van der Waals surface area contributed by atoms with Crippen LogP contribution in [-0.2, 0) is 11.3 Å². The SMILES string of the molecule is Cc1nn(CC(C)(N)C(=O)O)c(C)c1Cl. The van der Waals surface area contributed by atoms with Crippen LogP contribution in [-0.4, -0.2) is 26.4 Å². The summed E-state index contributed by atoms with van der Waals surface area (Å²) in [5.41, 5.74) is 5.68. The molecular weight excluding hydrogens is 218 g/mol. The predicted molar refractivity (Wildman–Crippen MR) is 56.9 cm³/mol. The first-order chi connectivity index (χ1) is 6.75. The summed E-state index contributed by atoms with van der Waals surface area (Å²) in [4.78, 5) is 10.8. The van der Waals surface area contributed by atoms with E-state index in [1.54, 1.807) is 13.8 Å². The number of hydrogen-bond acceptors (Lipinski definition) is 3. The lowest BCUT2D eigenvalue weighted by atomic mass is 10.1. The molecule has 15 heavy (non-hydrogen) atoms. The zero-order chi connectivity index (χ0) is 11.8. The van der Waals surface area contributed by atoms with Gasteiger partial charge in [-0.3, -0.25) is 9.48 Å². The number of nitrogens with zero attached hydrogens (tertiary/aromatic N) is 2. The Labute approximate surface area is 92.8 Å². The summed E-state index contributed by atoms with van der Waals surface area (Å²) >= 11 is 5.94. The van der Waals surface area contributed by atoms with Crippen molar-refractivity contribution < 1.29 is 9.90 Å². The van der Waals surface area contributed by atoms with E-state index in [1.165, 1.54) is 11.6 Å². The van der Waals surface area contributed by atoms with Crippen LogP contribution in [0.2, 0.25) is 5.02 Å². The van der Waals surface area contributed by atoms with E-state index >= 15 is 0 Å². The standard InChI is InChI=1S/C9H14ClN3O2/c1-5-7(10)6(2)13(12-5)4-9(3,11)8(14)15/h4,11H2,1-3H3,(H,14,15). The minimum Gasteiger partial charge on any atom is -0.480 e. The molecule has 0 aromatic carbocycles. The van der Waals surface area contributed by atoms with Crippen molar-refractivity contribution in [1.82, 2.24) is 9.78 Å². The highest BCUT2D eigenvalue weighted by Gasteiger charge is 2.29. The molecule has 0 spiro atoms. The van der Waals surface area contributed by atoms with Gasteiger partial charge < -0.3 is 10.8 Å². The third-order valence-corrected chi connectivity index (χ3v) is 2.81. The van der Waals surface area contributed by atoms with Crippen molar-refractivity contribution in [2.24, 2.45) is 5.73 Å². The molecule has 3 N–H and O–H groups in total. The number of halogens is 1. The van der Waals surface area contributed by atoms with E-state index < -0.39 is 11.5 Å². The first-order valence-corrected chi connectivity index (χ1v) is 4.85. The Bertz CT molecular complexity index is 398. The van der Waals surface area contributed by atoms with Crippen LogP contribution >= 0.6 is 11.6 Å². The summed E-state index contributed by atoms with van der Waals surface area (Å²) in [6.07, 6.45) is 0. The van der Waals surface area contributed by atoms with Crippen molar-refractivity contribution >= 4 is 17.6 Å². The Morgan fingerprint density at radius 1 is 1.67 bits per heavy atom. The van der Waals surface area contributed by atoms with Crippen LogP contribution in [0.5, 0.6) is 0 Å². The number of hydrogen-bond donors (Lipinski definition) is 2. The monoisotopic (exact) mass is 231 g/mol. The first kappa shape index (κ1) is 12.0. The van der Waals surface area contributed by atoms with E-state index in [-0.39, 0.29) is 6.54 Å². The van der Waals surface area contributed by atoms with Crippen LogP contribution in [0.1, 0.15) is 18.3 Å². The summed E-state index contributed by atoms with van der Waals surface area (Å²) in [5.74, 6) is -1.06. The summed E-state index contributed by atoms with van der Waals surface area (Å²) in [7, 11) is 0. The molecule has 0 radical (unpaired) electrons. The van der Waals surface area contributed by atoms with Gasteiger partial charge in [0.05, 0.1) is 23.0 Å². The van der Waals surface area contributed by atoms with Gasteiger partial charge in [-0.25, -0.2) is 0 Å². The molecule has 0 bridgehead atoms. The molecule has 1 rings (SSSR count). The second kappa shape index (κ2) is 3.83. The molecule has 0 saturated heterocycles. The third-order valence-electron chi connectivity index (χ3n) is 2.26. The minimum absolute atomic E-state index is 0.0989. The average molecular weight is 232 g/mol. The van der Waals surface area contributed by atoms with Gasteiger partial charge in [-0.05, 0) is 20.8 Å². The molecule has 84 valence electrons. The number of aryl methyl sites for hydroxylation is 1. The smallest absolute Gasteiger partial charge is 0.325 e. The molecule has 5 nitrogen and oxygen atoms in total. The molecule has 0 saturated carbocycles. The van der Waals surface area contributed by atoms with Gasteiger partial charge in [-0.2, -0.15) is 5.10 Å². The van der Waals surface area contributed by atoms with Crippen LogP contribution in [0.3, 0.4) is 0 Å². The average Bonchev–Trinajstić information content (AvgIpc) is 2.33. The van der Waals surface area contributed by atoms with Crippen LogP contribution in [0.15, 0.2) is 0 Å². The molecule has 1 heterocycles. The first-order valence-electron chi connectivity index (χ1n) is 4.47. The van der Waals surface area contributed by atoms with Crippen LogP contribution in [0.25, 0.3) is 0 Å². The zero-order valence-electron chi connectivity index (χ0n) is 8.91. The van der Waals surface area contributed by atoms with Crippen molar-refractivity contribution in [2.75, 3.05) is 0 Å². The fraction of sp³-hybridized carbons (Fsp3) is 0.556. The molecule has 0 fully saturated rings. The summed E-state index contributed by atoms with van der Waals surface area (Å²) < 4.78 is 1.52. The highest BCUT2D eigenvalue weighted by molar-refractivity contribution is 6.31. The van der Waals surface area contributed by atoms with Gasteiger partial charge in [0.1, 0.15) is 5.54 Å². The second-order valence-corrected chi connectivity index (χ2v) is 4.24. The minimum atomic E-state index is -1.34. The molecule has 1 aromatic rings. The molecule has 1 aromatic heterocycles. The van der Waals surface area contributed by atoms with Gasteiger partial charge >= 0.3 is 5.97 Å². The fourth-order valence-corrected chi connectivity index (χ4v) is 1.34. The maximum atomic E-state index is 10.8. The number of carboxylic acid groups (broad SMARTS) is 1. The Morgan fingerprint density at radius 2 is 2.20 bits per heavy atom. The van der Waals surface area contributed by atoms with Crippen molar-refractivity contribution in [2.45, 2.75) is 32.9 Å². The van der Waals surface area contributed by atoms with Crippen molar-refractivity contribution in [1.29, 1.82) is 0 Å². The van der Waals surface area contributed by atoms with Crippen molar-refractivity contribution in [3.8, 4) is 0 Å². The zero-order valence-corrected chi connectivity index (χ0v) is 9.67. The number of rotatable bonds is 3. The molecule has 0 aliphatic carbocycles. The second-order valence-electron chi connectivity index (χ2n) is 3.87. The van der Waals surface area contributed by atoms with Crippen molar-refractivity contribution in [3.63, 3.8) is 0 Å². The number of aliphatic carboxylic acids is 1. The summed E-state index contributed by atoms with van der Waals surface area (Å²) in [6, 6.07) is 0. The molecular formula is C9H14ClN3O2. The highest BCUT2D eigenvalue weighted by atomic mass is 35.5. The lowest BCUT2D eigenvalue weighted by molar-refractivity contribution is -0.143. The fourth-order valence-electron chi connectivity index (χ4n) is 1.21.